The van der Waals surface area contributed by atoms with Gasteiger partial charge in [0.1, 0.15) is 6.29 Å². The fraction of sp³-hybridized carbons (Fsp3) is 0.600. The first-order chi connectivity index (χ1) is 6.24. The molecule has 72 valence electrons. The topological polar surface area (TPSA) is 30.0 Å². The summed E-state index contributed by atoms with van der Waals surface area (Å²) in [5, 5.41) is 1.20. The quantitative estimate of drug-likeness (QED) is 0.536. The number of hydrogen-bond acceptors (Lipinski definition) is 3. The van der Waals surface area contributed by atoms with E-state index in [9.17, 15) is 4.79 Å². The number of aromatic nitrogens is 1. The molecule has 0 aliphatic carbocycles. The van der Waals surface area contributed by atoms with Crippen LogP contribution in [0.1, 0.15) is 42.5 Å². The van der Waals surface area contributed by atoms with Crippen LogP contribution in [-0.2, 0) is 11.2 Å². The van der Waals surface area contributed by atoms with Gasteiger partial charge in [0, 0.05) is 23.4 Å². The first-order valence-corrected chi connectivity index (χ1v) is 5.44. The smallest absolute Gasteiger partial charge is 0.120 e. The van der Waals surface area contributed by atoms with Crippen LogP contribution in [0.5, 0.6) is 0 Å². The molecule has 0 saturated carbocycles. The maximum absolute atomic E-state index is 10.1. The zero-order chi connectivity index (χ0) is 9.68. The lowest BCUT2D eigenvalue weighted by Gasteiger charge is -1.95. The van der Waals surface area contributed by atoms with Gasteiger partial charge >= 0.3 is 0 Å². The van der Waals surface area contributed by atoms with Crippen LogP contribution < -0.4 is 0 Å². The third-order valence-electron chi connectivity index (χ3n) is 1.81. The van der Waals surface area contributed by atoms with Crippen molar-refractivity contribution in [2.75, 3.05) is 0 Å². The number of unbranched alkanes of at least 4 members (excludes halogenated alkanes) is 1. The molecule has 0 bridgehead atoms. The van der Waals surface area contributed by atoms with Crippen molar-refractivity contribution in [3.05, 3.63) is 16.1 Å². The third-order valence-corrected chi connectivity index (χ3v) is 3.17. The number of hydrogen-bond donors (Lipinski definition) is 0. The Morgan fingerprint density at radius 1 is 1.62 bits per heavy atom. The molecule has 0 aromatic carbocycles. The highest BCUT2D eigenvalue weighted by molar-refractivity contribution is 7.11. The first-order valence-electron chi connectivity index (χ1n) is 4.62. The molecule has 1 heterocycles. The molecule has 3 heteroatoms. The van der Waals surface area contributed by atoms with Gasteiger partial charge in [-0.1, -0.05) is 13.8 Å². The first kappa shape index (κ1) is 10.4. The number of thiazole rings is 1. The van der Waals surface area contributed by atoms with Crippen LogP contribution in [0, 0.1) is 0 Å². The van der Waals surface area contributed by atoms with E-state index in [0.717, 1.165) is 19.1 Å². The average Bonchev–Trinajstić information content (AvgIpc) is 2.53. The number of aldehydes is 1. The van der Waals surface area contributed by atoms with E-state index in [4.69, 9.17) is 0 Å². The Hall–Kier alpha value is -0.700. The second-order valence-electron chi connectivity index (χ2n) is 3.38. The number of carbonyl (C=O) groups is 1. The van der Waals surface area contributed by atoms with Crippen LogP contribution in [0.2, 0.25) is 0 Å². The summed E-state index contributed by atoms with van der Waals surface area (Å²) in [6.07, 6.45) is 5.51. The van der Waals surface area contributed by atoms with Crippen LogP contribution in [0.15, 0.2) is 6.20 Å². The van der Waals surface area contributed by atoms with E-state index >= 15 is 0 Å². The molecule has 1 rings (SSSR count). The average molecular weight is 197 g/mol. The summed E-state index contributed by atoms with van der Waals surface area (Å²) in [6, 6.07) is 0. The van der Waals surface area contributed by atoms with Crippen LogP contribution in [0.4, 0.5) is 0 Å². The summed E-state index contributed by atoms with van der Waals surface area (Å²) >= 11 is 1.76. The molecule has 1 aromatic rings. The molecule has 1 aromatic heterocycles. The van der Waals surface area contributed by atoms with E-state index < -0.39 is 0 Å². The number of rotatable bonds is 5. The third kappa shape index (κ3) is 3.27. The van der Waals surface area contributed by atoms with Gasteiger partial charge < -0.3 is 4.79 Å². The van der Waals surface area contributed by atoms with E-state index in [1.165, 1.54) is 9.88 Å². The zero-order valence-electron chi connectivity index (χ0n) is 8.12. The van der Waals surface area contributed by atoms with Crippen LogP contribution >= 0.6 is 11.3 Å². The standard InChI is InChI=1S/C10H15NOS/c1-8(2)10-11-7-9(13-10)5-3-4-6-12/h6-8H,3-5H2,1-2H3. The van der Waals surface area contributed by atoms with Gasteiger partial charge in [-0.15, -0.1) is 11.3 Å². The second kappa shape index (κ2) is 5.12. The summed E-state index contributed by atoms with van der Waals surface area (Å²) in [4.78, 5) is 15.7. The number of aryl methyl sites for hydroxylation is 1. The van der Waals surface area contributed by atoms with Crippen molar-refractivity contribution in [1.82, 2.24) is 4.98 Å². The molecule has 0 amide bonds. The van der Waals surface area contributed by atoms with Crippen molar-refractivity contribution in [3.63, 3.8) is 0 Å². The molecule has 0 radical (unpaired) electrons. The Morgan fingerprint density at radius 2 is 2.38 bits per heavy atom. The maximum atomic E-state index is 10.1. The summed E-state index contributed by atoms with van der Waals surface area (Å²) in [5.74, 6) is 0.518. The Kier molecular flexibility index (Phi) is 4.09. The Morgan fingerprint density at radius 3 is 2.92 bits per heavy atom. The van der Waals surface area contributed by atoms with Crippen molar-refractivity contribution in [2.24, 2.45) is 0 Å². The van der Waals surface area contributed by atoms with Crippen LogP contribution in [0.3, 0.4) is 0 Å². The Balaban J connectivity index is 2.44. The highest BCUT2D eigenvalue weighted by Gasteiger charge is 2.04. The SMILES string of the molecule is CC(C)c1ncc(CCCC=O)s1. The summed E-state index contributed by atoms with van der Waals surface area (Å²) < 4.78 is 0. The monoisotopic (exact) mass is 197 g/mol. The minimum Gasteiger partial charge on any atom is -0.303 e. The molecule has 0 aliphatic heterocycles. The van der Waals surface area contributed by atoms with Crippen molar-refractivity contribution in [2.45, 2.75) is 39.0 Å². The normalized spacial score (nSPS) is 10.7. The zero-order valence-corrected chi connectivity index (χ0v) is 8.93. The lowest BCUT2D eigenvalue weighted by atomic mass is 10.2. The van der Waals surface area contributed by atoms with E-state index in [0.29, 0.717) is 12.3 Å². The van der Waals surface area contributed by atoms with E-state index in [1.807, 2.05) is 6.20 Å². The van der Waals surface area contributed by atoms with Crippen molar-refractivity contribution in [3.8, 4) is 0 Å². The molecule has 0 spiro atoms. The fourth-order valence-corrected chi connectivity index (χ4v) is 2.03. The molecule has 0 saturated heterocycles. The lowest BCUT2D eigenvalue weighted by molar-refractivity contribution is -0.107. The lowest BCUT2D eigenvalue weighted by Crippen LogP contribution is -1.82. The predicted octanol–water partition coefficient (Wildman–Crippen LogP) is 2.79. The Bertz CT molecular complexity index is 268. The molecular weight excluding hydrogens is 182 g/mol. The minimum absolute atomic E-state index is 0.518. The highest BCUT2D eigenvalue weighted by Crippen LogP contribution is 2.21. The molecule has 0 unspecified atom stereocenters. The summed E-state index contributed by atoms with van der Waals surface area (Å²) in [6.45, 7) is 4.29. The van der Waals surface area contributed by atoms with Gasteiger partial charge in [-0.25, -0.2) is 4.98 Å². The van der Waals surface area contributed by atoms with Crippen molar-refractivity contribution < 1.29 is 4.79 Å². The summed E-state index contributed by atoms with van der Waals surface area (Å²) in [5.41, 5.74) is 0. The minimum atomic E-state index is 0.518. The summed E-state index contributed by atoms with van der Waals surface area (Å²) in [7, 11) is 0. The molecular formula is C10H15NOS. The van der Waals surface area contributed by atoms with Crippen molar-refractivity contribution >= 4 is 17.6 Å². The maximum Gasteiger partial charge on any atom is 0.120 e. The molecule has 0 atom stereocenters. The molecule has 2 nitrogen and oxygen atoms in total. The predicted molar refractivity (Wildman–Crippen MR) is 55.2 cm³/mol. The van der Waals surface area contributed by atoms with Gasteiger partial charge in [-0.3, -0.25) is 0 Å². The van der Waals surface area contributed by atoms with E-state index in [1.54, 1.807) is 11.3 Å². The second-order valence-corrected chi connectivity index (χ2v) is 4.53. The van der Waals surface area contributed by atoms with Crippen LogP contribution in [-0.4, -0.2) is 11.3 Å². The number of nitrogens with zero attached hydrogens (tertiary/aromatic N) is 1. The number of carbonyl (C=O) groups excluding carboxylic acids is 1. The van der Waals surface area contributed by atoms with E-state index in [2.05, 4.69) is 18.8 Å². The molecule has 0 N–H and O–H groups in total. The van der Waals surface area contributed by atoms with Crippen LogP contribution in [0.25, 0.3) is 0 Å². The fourth-order valence-electron chi connectivity index (χ4n) is 1.06. The van der Waals surface area contributed by atoms with Gasteiger partial charge in [0.25, 0.3) is 0 Å². The molecule has 0 aliphatic rings. The van der Waals surface area contributed by atoms with Crippen molar-refractivity contribution in [1.29, 1.82) is 0 Å². The molecule has 13 heavy (non-hydrogen) atoms. The highest BCUT2D eigenvalue weighted by atomic mass is 32.1. The Labute approximate surface area is 83.0 Å². The van der Waals surface area contributed by atoms with Gasteiger partial charge in [0.15, 0.2) is 0 Å². The van der Waals surface area contributed by atoms with E-state index in [-0.39, 0.29) is 0 Å². The van der Waals surface area contributed by atoms with Gasteiger partial charge in [0.2, 0.25) is 0 Å². The largest absolute Gasteiger partial charge is 0.303 e. The van der Waals surface area contributed by atoms with Gasteiger partial charge in [-0.05, 0) is 12.8 Å². The van der Waals surface area contributed by atoms with Gasteiger partial charge in [-0.2, -0.15) is 0 Å². The van der Waals surface area contributed by atoms with Gasteiger partial charge in [0.05, 0.1) is 5.01 Å². The molecule has 0 fully saturated rings.